The van der Waals surface area contributed by atoms with Crippen molar-refractivity contribution in [2.45, 2.75) is 6.92 Å². The predicted octanol–water partition coefficient (Wildman–Crippen LogP) is 3.82. The van der Waals surface area contributed by atoms with Crippen molar-refractivity contribution >= 4 is 5.65 Å². The van der Waals surface area contributed by atoms with Gasteiger partial charge in [0.2, 0.25) is 5.88 Å². The van der Waals surface area contributed by atoms with E-state index < -0.39 is 0 Å². The van der Waals surface area contributed by atoms with Gasteiger partial charge in [0.1, 0.15) is 11.9 Å². The van der Waals surface area contributed by atoms with Crippen molar-refractivity contribution in [3.05, 3.63) is 83.5 Å². The van der Waals surface area contributed by atoms with Crippen molar-refractivity contribution < 1.29 is 4.74 Å². The molecule has 0 aliphatic heterocycles. The Morgan fingerprint density at radius 1 is 0.962 bits per heavy atom. The first-order valence-electron chi connectivity index (χ1n) is 8.43. The number of ether oxygens (including phenoxy) is 1. The number of aromatic nitrogens is 3. The monoisotopic (exact) mass is 343 g/mol. The zero-order chi connectivity index (χ0) is 17.9. The lowest BCUT2D eigenvalue weighted by atomic mass is 10.1. The van der Waals surface area contributed by atoms with E-state index in [9.17, 15) is 4.79 Å². The summed E-state index contributed by atoms with van der Waals surface area (Å²) in [6, 6.07) is 19.2. The molecule has 0 radical (unpaired) electrons. The number of benzene rings is 2. The molecule has 0 aliphatic rings. The minimum absolute atomic E-state index is 0.317. The van der Waals surface area contributed by atoms with E-state index in [2.05, 4.69) is 9.97 Å². The second kappa shape index (κ2) is 6.80. The molecule has 0 saturated carbocycles. The van der Waals surface area contributed by atoms with Crippen LogP contribution in [0.4, 0.5) is 0 Å². The van der Waals surface area contributed by atoms with Gasteiger partial charge in [0, 0.05) is 11.8 Å². The molecule has 5 nitrogen and oxygen atoms in total. The summed E-state index contributed by atoms with van der Waals surface area (Å²) < 4.78 is 7.60. The normalized spacial score (nSPS) is 10.8. The van der Waals surface area contributed by atoms with Crippen LogP contribution in [-0.2, 0) is 0 Å². The summed E-state index contributed by atoms with van der Waals surface area (Å²) in [6.45, 7) is 2.32. The van der Waals surface area contributed by atoms with Gasteiger partial charge in [0.05, 0.1) is 6.61 Å². The SMILES string of the molecule is CCOc1c(-c2ccccc2)c(=O)nc2c(-c3ccccc3)cncn12. The third kappa shape index (κ3) is 2.73. The molecule has 0 fully saturated rings. The first-order chi connectivity index (χ1) is 12.8. The highest BCUT2D eigenvalue weighted by atomic mass is 16.5. The minimum Gasteiger partial charge on any atom is -0.478 e. The number of rotatable bonds is 4. The van der Waals surface area contributed by atoms with Crippen LogP contribution >= 0.6 is 0 Å². The van der Waals surface area contributed by atoms with Crippen molar-refractivity contribution in [1.29, 1.82) is 0 Å². The second-order valence-corrected chi connectivity index (χ2v) is 5.76. The summed E-state index contributed by atoms with van der Waals surface area (Å²) in [5.74, 6) is 0.457. The Morgan fingerprint density at radius 3 is 2.27 bits per heavy atom. The van der Waals surface area contributed by atoms with Gasteiger partial charge in [-0.05, 0) is 18.1 Å². The fourth-order valence-electron chi connectivity index (χ4n) is 3.00. The number of hydrogen-bond donors (Lipinski definition) is 0. The van der Waals surface area contributed by atoms with E-state index in [0.29, 0.717) is 23.7 Å². The molecular formula is C21H17N3O2. The van der Waals surface area contributed by atoms with Gasteiger partial charge in [0.15, 0.2) is 5.65 Å². The topological polar surface area (TPSA) is 56.5 Å². The van der Waals surface area contributed by atoms with Gasteiger partial charge in [-0.1, -0.05) is 60.7 Å². The molecule has 0 N–H and O–H groups in total. The summed E-state index contributed by atoms with van der Waals surface area (Å²) in [6.07, 6.45) is 3.35. The van der Waals surface area contributed by atoms with E-state index in [1.807, 2.05) is 67.6 Å². The predicted molar refractivity (Wildman–Crippen MR) is 101 cm³/mol. The third-order valence-electron chi connectivity index (χ3n) is 4.14. The molecule has 128 valence electrons. The zero-order valence-corrected chi connectivity index (χ0v) is 14.3. The summed E-state index contributed by atoms with van der Waals surface area (Å²) >= 11 is 0. The molecule has 2 aromatic carbocycles. The molecule has 26 heavy (non-hydrogen) atoms. The molecule has 4 aromatic rings. The van der Waals surface area contributed by atoms with Gasteiger partial charge < -0.3 is 4.74 Å². The molecule has 5 heteroatoms. The summed E-state index contributed by atoms with van der Waals surface area (Å²) in [5.41, 5.74) is 3.15. The summed E-state index contributed by atoms with van der Waals surface area (Å²) in [4.78, 5) is 21.6. The lowest BCUT2D eigenvalue weighted by Crippen LogP contribution is -2.17. The maximum Gasteiger partial charge on any atom is 0.285 e. The molecule has 0 bridgehead atoms. The van der Waals surface area contributed by atoms with Gasteiger partial charge in [-0.3, -0.25) is 9.20 Å². The molecule has 0 aliphatic carbocycles. The first-order valence-corrected chi connectivity index (χ1v) is 8.43. The average Bonchev–Trinajstić information content (AvgIpc) is 2.69. The van der Waals surface area contributed by atoms with Gasteiger partial charge in [-0.25, -0.2) is 4.98 Å². The van der Waals surface area contributed by atoms with Crippen LogP contribution in [0.3, 0.4) is 0 Å². The maximum atomic E-state index is 12.9. The number of nitrogens with zero attached hydrogens (tertiary/aromatic N) is 3. The molecule has 2 aromatic heterocycles. The molecular weight excluding hydrogens is 326 g/mol. The summed E-state index contributed by atoms with van der Waals surface area (Å²) in [7, 11) is 0. The fraction of sp³-hybridized carbons (Fsp3) is 0.0952. The largest absolute Gasteiger partial charge is 0.478 e. The average molecular weight is 343 g/mol. The Hall–Kier alpha value is -3.47. The number of hydrogen-bond acceptors (Lipinski definition) is 4. The van der Waals surface area contributed by atoms with Crippen molar-refractivity contribution in [3.63, 3.8) is 0 Å². The van der Waals surface area contributed by atoms with Gasteiger partial charge in [0.25, 0.3) is 5.56 Å². The van der Waals surface area contributed by atoms with Gasteiger partial charge in [-0.2, -0.15) is 4.98 Å². The van der Waals surface area contributed by atoms with Crippen LogP contribution in [0.1, 0.15) is 6.92 Å². The second-order valence-electron chi connectivity index (χ2n) is 5.76. The van der Waals surface area contributed by atoms with Crippen LogP contribution in [0.25, 0.3) is 27.9 Å². The van der Waals surface area contributed by atoms with Crippen LogP contribution in [0.15, 0.2) is 78.0 Å². The highest BCUT2D eigenvalue weighted by molar-refractivity contribution is 5.79. The van der Waals surface area contributed by atoms with E-state index in [1.54, 1.807) is 16.9 Å². The Morgan fingerprint density at radius 2 is 1.62 bits per heavy atom. The fourth-order valence-corrected chi connectivity index (χ4v) is 3.00. The molecule has 0 amide bonds. The Kier molecular flexibility index (Phi) is 4.19. The van der Waals surface area contributed by atoms with E-state index in [-0.39, 0.29) is 5.56 Å². The van der Waals surface area contributed by atoms with Crippen molar-refractivity contribution in [3.8, 4) is 28.1 Å². The van der Waals surface area contributed by atoms with Crippen LogP contribution in [-0.4, -0.2) is 21.0 Å². The molecule has 0 saturated heterocycles. The molecule has 0 unspecified atom stereocenters. The van der Waals surface area contributed by atoms with Crippen molar-refractivity contribution in [1.82, 2.24) is 14.4 Å². The molecule has 0 atom stereocenters. The summed E-state index contributed by atoms with van der Waals surface area (Å²) in [5, 5.41) is 0. The van der Waals surface area contributed by atoms with E-state index in [0.717, 1.165) is 16.7 Å². The Labute approximate surface area is 150 Å². The van der Waals surface area contributed by atoms with Crippen LogP contribution < -0.4 is 10.3 Å². The number of fused-ring (bicyclic) bond motifs is 1. The van der Waals surface area contributed by atoms with E-state index in [1.165, 1.54) is 0 Å². The molecule has 2 heterocycles. The molecule has 4 rings (SSSR count). The van der Waals surface area contributed by atoms with E-state index in [4.69, 9.17) is 4.74 Å². The zero-order valence-electron chi connectivity index (χ0n) is 14.3. The third-order valence-corrected chi connectivity index (χ3v) is 4.14. The van der Waals surface area contributed by atoms with E-state index >= 15 is 0 Å². The van der Waals surface area contributed by atoms with Crippen molar-refractivity contribution in [2.75, 3.05) is 6.61 Å². The van der Waals surface area contributed by atoms with Gasteiger partial charge >= 0.3 is 0 Å². The van der Waals surface area contributed by atoms with Gasteiger partial charge in [-0.15, -0.1) is 0 Å². The lowest BCUT2D eigenvalue weighted by molar-refractivity contribution is 0.322. The minimum atomic E-state index is -0.317. The van der Waals surface area contributed by atoms with Crippen LogP contribution in [0.5, 0.6) is 5.88 Å². The standard InChI is InChI=1S/C21H17N3O2/c1-2-26-21-18(16-11-7-4-8-12-16)20(25)23-19-17(13-22-14-24(19)21)15-9-5-3-6-10-15/h3-14H,2H2,1H3. The quantitative estimate of drug-likeness (QED) is 0.565. The lowest BCUT2D eigenvalue weighted by Gasteiger charge is -2.15. The van der Waals surface area contributed by atoms with Crippen molar-refractivity contribution in [2.24, 2.45) is 0 Å². The Balaban J connectivity index is 2.07. The Bertz CT molecular complexity index is 1110. The highest BCUT2D eigenvalue weighted by Crippen LogP contribution is 2.30. The maximum absolute atomic E-state index is 12.9. The van der Waals surface area contributed by atoms with Crippen LogP contribution in [0, 0.1) is 0 Å². The van der Waals surface area contributed by atoms with Crippen LogP contribution in [0.2, 0.25) is 0 Å². The molecule has 0 spiro atoms. The smallest absolute Gasteiger partial charge is 0.285 e. The first kappa shape index (κ1) is 16.0. The highest BCUT2D eigenvalue weighted by Gasteiger charge is 2.18.